The fraction of sp³-hybridized carbons (Fsp3) is 0.368. The number of benzene rings is 1. The van der Waals surface area contributed by atoms with Gasteiger partial charge in [0.2, 0.25) is 5.91 Å². The third kappa shape index (κ3) is 5.13. The molecule has 0 atom stereocenters. The molecule has 1 aromatic heterocycles. The van der Waals surface area contributed by atoms with Crippen molar-refractivity contribution < 1.29 is 18.7 Å². The van der Waals surface area contributed by atoms with Gasteiger partial charge >= 0.3 is 5.97 Å². The summed E-state index contributed by atoms with van der Waals surface area (Å²) in [6.07, 6.45) is 3.26. The van der Waals surface area contributed by atoms with Gasteiger partial charge in [-0.2, -0.15) is 0 Å². The molecule has 0 saturated heterocycles. The number of carbonyl (C=O) groups excluding carboxylic acids is 2. The summed E-state index contributed by atoms with van der Waals surface area (Å²) in [5.41, 5.74) is 1.65. The fourth-order valence-electron chi connectivity index (χ4n) is 2.42. The van der Waals surface area contributed by atoms with Gasteiger partial charge in [-0.25, -0.2) is 9.18 Å². The van der Waals surface area contributed by atoms with Crippen molar-refractivity contribution in [3.8, 4) is 11.1 Å². The molecule has 1 heterocycles. The van der Waals surface area contributed by atoms with Gasteiger partial charge in [0, 0.05) is 17.4 Å². The van der Waals surface area contributed by atoms with Crippen molar-refractivity contribution in [2.75, 3.05) is 11.9 Å². The van der Waals surface area contributed by atoms with Crippen molar-refractivity contribution in [2.45, 2.75) is 39.5 Å². The molecule has 6 heteroatoms. The lowest BCUT2D eigenvalue weighted by molar-refractivity contribution is -0.116. The third-order valence-corrected chi connectivity index (χ3v) is 4.58. The first kappa shape index (κ1) is 19.1. The first-order valence-corrected chi connectivity index (χ1v) is 9.29. The summed E-state index contributed by atoms with van der Waals surface area (Å²) in [7, 11) is 0. The molecule has 0 aliphatic rings. The lowest BCUT2D eigenvalue weighted by atomic mass is 10.0. The smallest absolute Gasteiger partial charge is 0.341 e. The minimum absolute atomic E-state index is 0.119. The summed E-state index contributed by atoms with van der Waals surface area (Å²) in [6.45, 7) is 4.04. The van der Waals surface area contributed by atoms with Crippen LogP contribution < -0.4 is 5.32 Å². The summed E-state index contributed by atoms with van der Waals surface area (Å²) >= 11 is 1.27. The molecule has 134 valence electrons. The Balaban J connectivity index is 2.29. The number of unbranched alkanes of at least 4 members (excludes halogenated alkanes) is 2. The van der Waals surface area contributed by atoms with E-state index in [1.807, 2.05) is 0 Å². The Morgan fingerprint density at radius 3 is 2.52 bits per heavy atom. The number of carbonyl (C=O) groups is 2. The molecular weight excluding hydrogens is 341 g/mol. The molecule has 25 heavy (non-hydrogen) atoms. The highest BCUT2D eigenvalue weighted by molar-refractivity contribution is 7.15. The molecule has 0 aliphatic carbocycles. The molecule has 0 saturated carbocycles. The molecular formula is C19H22FNO3S. The number of nitrogens with one attached hydrogen (secondary N) is 1. The van der Waals surface area contributed by atoms with Crippen LogP contribution >= 0.6 is 11.3 Å². The van der Waals surface area contributed by atoms with E-state index < -0.39 is 5.97 Å². The van der Waals surface area contributed by atoms with E-state index in [0.717, 1.165) is 19.3 Å². The number of esters is 1. The van der Waals surface area contributed by atoms with Gasteiger partial charge in [-0.15, -0.1) is 11.3 Å². The van der Waals surface area contributed by atoms with Crippen molar-refractivity contribution >= 4 is 28.2 Å². The zero-order chi connectivity index (χ0) is 18.2. The Kier molecular flexibility index (Phi) is 7.13. The molecule has 0 spiro atoms. The van der Waals surface area contributed by atoms with Crippen molar-refractivity contribution in [1.82, 2.24) is 0 Å². The maximum atomic E-state index is 13.2. The minimum atomic E-state index is -0.494. The highest BCUT2D eigenvalue weighted by Gasteiger charge is 2.22. The van der Waals surface area contributed by atoms with Crippen LogP contribution in [0.25, 0.3) is 11.1 Å². The highest BCUT2D eigenvalue weighted by Crippen LogP contribution is 2.36. The van der Waals surface area contributed by atoms with Crippen LogP contribution in [-0.2, 0) is 9.53 Å². The van der Waals surface area contributed by atoms with Gasteiger partial charge in [0.15, 0.2) is 0 Å². The number of hydrogen-bond donors (Lipinski definition) is 1. The Hall–Kier alpha value is -2.21. The number of anilines is 1. The van der Waals surface area contributed by atoms with E-state index in [4.69, 9.17) is 4.74 Å². The van der Waals surface area contributed by atoms with Crippen molar-refractivity contribution in [3.05, 3.63) is 41.0 Å². The molecule has 0 aliphatic heterocycles. The van der Waals surface area contributed by atoms with Crippen LogP contribution in [0.15, 0.2) is 29.6 Å². The summed E-state index contributed by atoms with van der Waals surface area (Å²) < 4.78 is 18.3. The van der Waals surface area contributed by atoms with Crippen molar-refractivity contribution in [3.63, 3.8) is 0 Å². The first-order valence-electron chi connectivity index (χ1n) is 8.41. The summed E-state index contributed by atoms with van der Waals surface area (Å²) in [5, 5.41) is 5.07. The van der Waals surface area contributed by atoms with Crippen LogP contribution in [-0.4, -0.2) is 18.5 Å². The summed E-state index contributed by atoms with van der Waals surface area (Å²) in [6, 6.07) is 5.88. The lowest BCUT2D eigenvalue weighted by Crippen LogP contribution is -2.14. The average molecular weight is 363 g/mol. The number of rotatable bonds is 8. The van der Waals surface area contributed by atoms with Crippen LogP contribution in [0.1, 0.15) is 49.9 Å². The first-order chi connectivity index (χ1) is 12.1. The Morgan fingerprint density at radius 1 is 1.16 bits per heavy atom. The second-order valence-electron chi connectivity index (χ2n) is 5.59. The van der Waals surface area contributed by atoms with Crippen LogP contribution in [0.4, 0.5) is 9.39 Å². The highest BCUT2D eigenvalue weighted by atomic mass is 32.1. The normalized spacial score (nSPS) is 10.5. The van der Waals surface area contributed by atoms with Crippen molar-refractivity contribution in [2.24, 2.45) is 0 Å². The Bertz CT molecular complexity index is 725. The molecule has 1 aromatic carbocycles. The molecule has 1 amide bonds. The van der Waals surface area contributed by atoms with Crippen LogP contribution in [0.5, 0.6) is 0 Å². The van der Waals surface area contributed by atoms with E-state index in [9.17, 15) is 14.0 Å². The molecule has 4 nitrogen and oxygen atoms in total. The zero-order valence-electron chi connectivity index (χ0n) is 14.4. The largest absolute Gasteiger partial charge is 0.462 e. The molecule has 1 N–H and O–H groups in total. The van der Waals surface area contributed by atoms with Gasteiger partial charge in [-0.05, 0) is 31.0 Å². The number of halogens is 1. The van der Waals surface area contributed by atoms with Gasteiger partial charge in [0.05, 0.1) is 6.61 Å². The SMILES string of the molecule is CCCCCC(=O)Nc1scc(-c2ccc(F)cc2)c1C(=O)OCC. The zero-order valence-corrected chi connectivity index (χ0v) is 15.2. The van der Waals surface area contributed by atoms with Gasteiger partial charge < -0.3 is 10.1 Å². The predicted molar refractivity (Wildman–Crippen MR) is 98.4 cm³/mol. The quantitative estimate of drug-likeness (QED) is 0.515. The van der Waals surface area contributed by atoms with E-state index >= 15 is 0 Å². The standard InChI is InChI=1S/C19H22FNO3S/c1-3-5-6-7-16(22)21-18-17(19(23)24-4-2)15(12-25-18)13-8-10-14(20)11-9-13/h8-12H,3-7H2,1-2H3,(H,21,22). The fourth-order valence-corrected chi connectivity index (χ4v) is 3.40. The number of hydrogen-bond acceptors (Lipinski definition) is 4. The lowest BCUT2D eigenvalue weighted by Gasteiger charge is -2.09. The average Bonchev–Trinajstić information content (AvgIpc) is 2.99. The van der Waals surface area contributed by atoms with Crippen LogP contribution in [0.2, 0.25) is 0 Å². The van der Waals surface area contributed by atoms with E-state index in [-0.39, 0.29) is 18.3 Å². The number of ether oxygens (including phenoxy) is 1. The maximum absolute atomic E-state index is 13.2. The maximum Gasteiger partial charge on any atom is 0.341 e. The van der Waals surface area contributed by atoms with Gasteiger partial charge in [0.1, 0.15) is 16.4 Å². The van der Waals surface area contributed by atoms with Crippen molar-refractivity contribution in [1.29, 1.82) is 0 Å². The molecule has 0 bridgehead atoms. The number of amides is 1. The Morgan fingerprint density at radius 2 is 1.88 bits per heavy atom. The topological polar surface area (TPSA) is 55.4 Å². The monoisotopic (exact) mass is 363 g/mol. The molecule has 2 aromatic rings. The van der Waals surface area contributed by atoms with E-state index in [1.54, 1.807) is 24.4 Å². The van der Waals surface area contributed by atoms with E-state index in [2.05, 4.69) is 12.2 Å². The minimum Gasteiger partial charge on any atom is -0.462 e. The third-order valence-electron chi connectivity index (χ3n) is 3.69. The molecule has 0 radical (unpaired) electrons. The van der Waals surface area contributed by atoms with Gasteiger partial charge in [-0.1, -0.05) is 31.9 Å². The van der Waals surface area contributed by atoms with Gasteiger partial charge in [0.25, 0.3) is 0 Å². The van der Waals surface area contributed by atoms with E-state index in [0.29, 0.717) is 28.1 Å². The molecule has 0 fully saturated rings. The van der Waals surface area contributed by atoms with Crippen LogP contribution in [0, 0.1) is 5.82 Å². The molecule has 0 unspecified atom stereocenters. The van der Waals surface area contributed by atoms with Gasteiger partial charge in [-0.3, -0.25) is 4.79 Å². The van der Waals surface area contributed by atoms with Crippen LogP contribution in [0.3, 0.4) is 0 Å². The second kappa shape index (κ2) is 9.32. The Labute approximate surface area is 151 Å². The predicted octanol–water partition coefficient (Wildman–Crippen LogP) is 5.25. The second-order valence-corrected chi connectivity index (χ2v) is 6.47. The number of thiophene rings is 1. The summed E-state index contributed by atoms with van der Waals surface area (Å²) in [5.74, 6) is -0.959. The molecule has 2 rings (SSSR count). The summed E-state index contributed by atoms with van der Waals surface area (Å²) in [4.78, 5) is 24.5. The van der Waals surface area contributed by atoms with E-state index in [1.165, 1.54) is 23.5 Å².